The number of halogens is 2. The summed E-state index contributed by atoms with van der Waals surface area (Å²) in [6.07, 6.45) is 0. The number of anilines is 1. The van der Waals surface area contributed by atoms with E-state index in [-0.39, 0.29) is 23.0 Å². The zero-order valence-corrected chi connectivity index (χ0v) is 18.3. The largest absolute Gasteiger partial charge is 0.325 e. The number of para-hydroxylation sites is 1. The molecule has 0 aliphatic carbocycles. The Labute approximate surface area is 190 Å². The topological polar surface area (TPSA) is 64.0 Å². The number of amides is 1. The van der Waals surface area contributed by atoms with Gasteiger partial charge in [0.15, 0.2) is 5.16 Å². The number of nitrogens with one attached hydrogen (secondary N) is 1. The lowest BCUT2D eigenvalue weighted by Gasteiger charge is -2.13. The van der Waals surface area contributed by atoms with Crippen molar-refractivity contribution in [3.05, 3.63) is 94.8 Å². The summed E-state index contributed by atoms with van der Waals surface area (Å²) < 4.78 is 27.8. The van der Waals surface area contributed by atoms with Gasteiger partial charge >= 0.3 is 0 Å². The van der Waals surface area contributed by atoms with E-state index in [0.29, 0.717) is 32.5 Å². The Kier molecular flexibility index (Phi) is 6.87. The van der Waals surface area contributed by atoms with Crippen LogP contribution in [0, 0.1) is 11.6 Å². The number of carbonyl (C=O) groups excluding carboxylic acids is 1. The zero-order valence-electron chi connectivity index (χ0n) is 16.6. The molecule has 0 aliphatic heterocycles. The number of thioether (sulfide) groups is 2. The van der Waals surface area contributed by atoms with Gasteiger partial charge in [-0.1, -0.05) is 23.9 Å². The van der Waals surface area contributed by atoms with Gasteiger partial charge in [0.2, 0.25) is 5.91 Å². The fourth-order valence-corrected chi connectivity index (χ4v) is 4.81. The second-order valence-electron chi connectivity index (χ2n) is 6.69. The maximum absolute atomic E-state index is 13.4. The molecule has 0 atom stereocenters. The van der Waals surface area contributed by atoms with Gasteiger partial charge in [0.1, 0.15) is 11.6 Å². The molecular formula is C23H17F2N3O2S2. The van der Waals surface area contributed by atoms with Crippen LogP contribution in [0.15, 0.2) is 82.7 Å². The third-order valence-electron chi connectivity index (χ3n) is 4.46. The maximum Gasteiger partial charge on any atom is 0.266 e. The van der Waals surface area contributed by atoms with Crippen molar-refractivity contribution in [3.8, 4) is 5.69 Å². The lowest BCUT2D eigenvalue weighted by molar-refractivity contribution is -0.113. The van der Waals surface area contributed by atoms with E-state index in [0.717, 1.165) is 0 Å². The first-order chi connectivity index (χ1) is 15.5. The molecule has 0 fully saturated rings. The van der Waals surface area contributed by atoms with Crippen LogP contribution in [0.3, 0.4) is 0 Å². The van der Waals surface area contributed by atoms with Gasteiger partial charge in [-0.3, -0.25) is 14.2 Å². The van der Waals surface area contributed by atoms with Crippen LogP contribution in [0.2, 0.25) is 0 Å². The van der Waals surface area contributed by atoms with Crippen LogP contribution in [0.25, 0.3) is 16.6 Å². The summed E-state index contributed by atoms with van der Waals surface area (Å²) in [6, 6.07) is 18.2. The Hall–Kier alpha value is -3.17. The number of nitrogens with zero attached hydrogens (tertiary/aromatic N) is 2. The van der Waals surface area contributed by atoms with Crippen molar-refractivity contribution in [2.75, 3.05) is 16.2 Å². The normalized spacial score (nSPS) is 10.9. The van der Waals surface area contributed by atoms with Crippen LogP contribution in [0.1, 0.15) is 0 Å². The minimum absolute atomic E-state index is 0.179. The van der Waals surface area contributed by atoms with E-state index in [2.05, 4.69) is 10.3 Å². The van der Waals surface area contributed by atoms with E-state index >= 15 is 0 Å². The molecule has 1 amide bonds. The van der Waals surface area contributed by atoms with Gasteiger partial charge in [-0.25, -0.2) is 13.8 Å². The summed E-state index contributed by atoms with van der Waals surface area (Å²) in [4.78, 5) is 29.8. The molecule has 0 saturated heterocycles. The maximum atomic E-state index is 13.4. The van der Waals surface area contributed by atoms with Crippen molar-refractivity contribution < 1.29 is 13.6 Å². The molecule has 5 nitrogen and oxygen atoms in total. The summed E-state index contributed by atoms with van der Waals surface area (Å²) in [5, 5.41) is 4.08. The first kappa shape index (κ1) is 22.0. The van der Waals surface area contributed by atoms with Crippen LogP contribution in [-0.2, 0) is 4.79 Å². The highest BCUT2D eigenvalue weighted by molar-refractivity contribution is 8.16. The van der Waals surface area contributed by atoms with Gasteiger partial charge in [0.05, 0.1) is 22.3 Å². The highest BCUT2D eigenvalue weighted by Gasteiger charge is 2.14. The second kappa shape index (κ2) is 9.97. The van der Waals surface area contributed by atoms with E-state index in [1.807, 2.05) is 0 Å². The third kappa shape index (κ3) is 5.17. The predicted molar refractivity (Wildman–Crippen MR) is 126 cm³/mol. The minimum Gasteiger partial charge on any atom is -0.325 e. The lowest BCUT2D eigenvalue weighted by Crippen LogP contribution is -2.21. The Bertz CT molecular complexity index is 1310. The van der Waals surface area contributed by atoms with E-state index in [9.17, 15) is 18.4 Å². The SMILES string of the molecule is O=C(CSCSc1nc2ccccc2c(=O)n1-c1ccc(F)cc1)Nc1ccc(F)cc1. The molecule has 1 aromatic heterocycles. The molecule has 0 bridgehead atoms. The van der Waals surface area contributed by atoms with Crippen LogP contribution in [0.4, 0.5) is 14.5 Å². The molecule has 9 heteroatoms. The molecule has 32 heavy (non-hydrogen) atoms. The quantitative estimate of drug-likeness (QED) is 0.177. The molecule has 3 aromatic carbocycles. The molecule has 0 radical (unpaired) electrons. The van der Waals surface area contributed by atoms with Crippen LogP contribution in [-0.4, -0.2) is 26.3 Å². The van der Waals surface area contributed by atoms with Gasteiger partial charge in [-0.2, -0.15) is 0 Å². The van der Waals surface area contributed by atoms with Gasteiger partial charge in [-0.15, -0.1) is 11.8 Å². The predicted octanol–water partition coefficient (Wildman–Crippen LogP) is 5.09. The summed E-state index contributed by atoms with van der Waals surface area (Å²) in [7, 11) is 0. The minimum atomic E-state index is -0.396. The summed E-state index contributed by atoms with van der Waals surface area (Å²) in [6.45, 7) is 0. The number of benzene rings is 3. The highest BCUT2D eigenvalue weighted by Crippen LogP contribution is 2.25. The Morgan fingerprint density at radius 3 is 2.31 bits per heavy atom. The number of aromatic nitrogens is 2. The molecule has 1 heterocycles. The van der Waals surface area contributed by atoms with Crippen LogP contribution >= 0.6 is 23.5 Å². The molecule has 0 aliphatic rings. The molecular weight excluding hydrogens is 452 g/mol. The van der Waals surface area contributed by atoms with E-state index < -0.39 is 5.82 Å². The monoisotopic (exact) mass is 469 g/mol. The summed E-state index contributed by atoms with van der Waals surface area (Å²) in [5.74, 6) is -0.806. The number of carbonyl (C=O) groups is 1. The smallest absolute Gasteiger partial charge is 0.266 e. The molecule has 1 N–H and O–H groups in total. The van der Waals surface area contributed by atoms with Crippen molar-refractivity contribution in [2.45, 2.75) is 5.16 Å². The molecule has 4 aromatic rings. The highest BCUT2D eigenvalue weighted by atomic mass is 32.2. The molecule has 0 unspecified atom stereocenters. The van der Waals surface area contributed by atoms with E-state index in [4.69, 9.17) is 0 Å². The first-order valence-corrected chi connectivity index (χ1v) is 11.7. The molecule has 4 rings (SSSR count). The first-order valence-electron chi connectivity index (χ1n) is 9.55. The Morgan fingerprint density at radius 1 is 0.938 bits per heavy atom. The number of hydrogen-bond donors (Lipinski definition) is 1. The second-order valence-corrected chi connectivity index (χ2v) is 8.99. The number of fused-ring (bicyclic) bond motifs is 1. The Balaban J connectivity index is 1.49. The van der Waals surface area contributed by atoms with Crippen molar-refractivity contribution in [2.24, 2.45) is 0 Å². The van der Waals surface area contributed by atoms with Crippen molar-refractivity contribution in [3.63, 3.8) is 0 Å². The Morgan fingerprint density at radius 2 is 1.59 bits per heavy atom. The van der Waals surface area contributed by atoms with Gasteiger partial charge in [0.25, 0.3) is 5.56 Å². The summed E-state index contributed by atoms with van der Waals surface area (Å²) >= 11 is 2.67. The molecule has 162 valence electrons. The fourth-order valence-electron chi connectivity index (χ4n) is 2.99. The van der Waals surface area contributed by atoms with Gasteiger partial charge in [-0.05, 0) is 60.7 Å². The van der Waals surface area contributed by atoms with E-state index in [1.54, 1.807) is 24.3 Å². The zero-order chi connectivity index (χ0) is 22.5. The van der Waals surface area contributed by atoms with E-state index in [1.165, 1.54) is 76.6 Å². The van der Waals surface area contributed by atoms with Crippen LogP contribution in [0.5, 0.6) is 0 Å². The number of hydrogen-bond acceptors (Lipinski definition) is 5. The van der Waals surface area contributed by atoms with Crippen molar-refractivity contribution in [1.29, 1.82) is 0 Å². The third-order valence-corrected chi connectivity index (χ3v) is 6.60. The van der Waals surface area contributed by atoms with Crippen molar-refractivity contribution >= 4 is 46.0 Å². The average Bonchev–Trinajstić information content (AvgIpc) is 2.79. The molecule has 0 spiro atoms. The lowest BCUT2D eigenvalue weighted by atomic mass is 10.2. The molecule has 0 saturated carbocycles. The average molecular weight is 470 g/mol. The van der Waals surface area contributed by atoms with Gasteiger partial charge < -0.3 is 5.32 Å². The fraction of sp³-hybridized carbons (Fsp3) is 0.0870. The van der Waals surface area contributed by atoms with Gasteiger partial charge in [0, 0.05) is 10.8 Å². The van der Waals surface area contributed by atoms with Crippen LogP contribution < -0.4 is 10.9 Å². The summed E-state index contributed by atoms with van der Waals surface area (Å²) in [5.41, 5.74) is 1.35. The standard InChI is InChI=1S/C23H17F2N3O2S2/c24-15-5-9-17(10-6-15)26-21(29)13-31-14-32-23-27-20-4-2-1-3-19(20)22(30)28(23)18-11-7-16(25)8-12-18/h1-12H,13-14H2,(H,26,29). The van der Waals surface area contributed by atoms with Crippen molar-refractivity contribution in [1.82, 2.24) is 9.55 Å². The number of rotatable bonds is 7.